The molecule has 0 aromatic heterocycles. The smallest absolute Gasteiger partial charge is 0.304 e. The Bertz CT molecular complexity index is 363. The Balaban J connectivity index is 3.08. The third-order valence-corrected chi connectivity index (χ3v) is 2.42. The molecule has 0 saturated heterocycles. The zero-order valence-electron chi connectivity index (χ0n) is 9.17. The second-order valence-electron chi connectivity index (χ2n) is 4.47. The van der Waals surface area contributed by atoms with Gasteiger partial charge in [-0.05, 0) is 30.2 Å². The summed E-state index contributed by atoms with van der Waals surface area (Å²) >= 11 is 0. The topological polar surface area (TPSA) is 37.3 Å². The summed E-state index contributed by atoms with van der Waals surface area (Å²) in [5.41, 5.74) is 0.990. The van der Waals surface area contributed by atoms with Gasteiger partial charge in [-0.15, -0.1) is 0 Å². The van der Waals surface area contributed by atoms with Gasteiger partial charge in [-0.25, -0.2) is 4.39 Å². The zero-order valence-corrected chi connectivity index (χ0v) is 9.17. The lowest BCUT2D eigenvalue weighted by atomic mass is 9.81. The summed E-state index contributed by atoms with van der Waals surface area (Å²) in [7, 11) is 0. The highest BCUT2D eigenvalue weighted by Gasteiger charge is 2.24. The van der Waals surface area contributed by atoms with Crippen molar-refractivity contribution < 1.29 is 14.3 Å². The normalized spacial score (nSPS) is 11.5. The van der Waals surface area contributed by atoms with E-state index in [1.54, 1.807) is 20.8 Å². The molecule has 0 radical (unpaired) electrons. The van der Waals surface area contributed by atoms with E-state index in [2.05, 4.69) is 0 Å². The summed E-state index contributed by atoms with van der Waals surface area (Å²) in [5.74, 6) is -1.19. The molecule has 0 spiro atoms. The van der Waals surface area contributed by atoms with Gasteiger partial charge in [-0.3, -0.25) is 4.79 Å². The Morgan fingerprint density at radius 2 is 2.00 bits per heavy atom. The highest BCUT2D eigenvalue weighted by Crippen LogP contribution is 2.28. The molecular weight excluding hydrogens is 195 g/mol. The van der Waals surface area contributed by atoms with Crippen LogP contribution in [-0.2, 0) is 10.2 Å². The molecule has 0 heterocycles. The van der Waals surface area contributed by atoms with Crippen LogP contribution in [0, 0.1) is 12.7 Å². The van der Waals surface area contributed by atoms with E-state index in [9.17, 15) is 9.18 Å². The quantitative estimate of drug-likeness (QED) is 0.832. The van der Waals surface area contributed by atoms with E-state index >= 15 is 0 Å². The van der Waals surface area contributed by atoms with Gasteiger partial charge in [0, 0.05) is 5.41 Å². The number of benzene rings is 1. The molecular formula is C12H15FO2. The van der Waals surface area contributed by atoms with Crippen LogP contribution < -0.4 is 0 Å². The molecule has 0 bridgehead atoms. The van der Waals surface area contributed by atoms with Crippen molar-refractivity contribution in [3.8, 4) is 0 Å². The predicted octanol–water partition coefficient (Wildman–Crippen LogP) is 2.89. The van der Waals surface area contributed by atoms with E-state index in [1.165, 1.54) is 12.1 Å². The summed E-state index contributed by atoms with van der Waals surface area (Å²) in [4.78, 5) is 10.7. The van der Waals surface area contributed by atoms with Gasteiger partial charge in [0.1, 0.15) is 5.82 Å². The van der Waals surface area contributed by atoms with Gasteiger partial charge in [0.05, 0.1) is 6.42 Å². The second-order valence-corrected chi connectivity index (χ2v) is 4.47. The number of halogens is 1. The van der Waals surface area contributed by atoms with Crippen molar-refractivity contribution in [3.05, 3.63) is 35.1 Å². The molecule has 15 heavy (non-hydrogen) atoms. The van der Waals surface area contributed by atoms with Crippen molar-refractivity contribution in [2.24, 2.45) is 0 Å². The SMILES string of the molecule is Cc1cc(F)cc(C(C)(C)CC(=O)O)c1. The molecule has 3 heteroatoms. The van der Waals surface area contributed by atoms with Gasteiger partial charge in [-0.2, -0.15) is 0 Å². The molecule has 0 atom stereocenters. The standard InChI is InChI=1S/C12H15FO2/c1-8-4-9(6-10(13)5-8)12(2,3)7-11(14)15/h4-6H,7H2,1-3H3,(H,14,15). The molecule has 1 aromatic rings. The van der Waals surface area contributed by atoms with Crippen LogP contribution in [0.2, 0.25) is 0 Å². The third kappa shape index (κ3) is 3.05. The molecule has 1 N–H and O–H groups in total. The predicted molar refractivity (Wildman–Crippen MR) is 56.4 cm³/mol. The first kappa shape index (κ1) is 11.7. The van der Waals surface area contributed by atoms with Gasteiger partial charge in [0.15, 0.2) is 0 Å². The number of aryl methyl sites for hydroxylation is 1. The molecule has 0 aliphatic heterocycles. The highest BCUT2D eigenvalue weighted by atomic mass is 19.1. The molecule has 0 aliphatic carbocycles. The van der Waals surface area contributed by atoms with Crippen molar-refractivity contribution in [3.63, 3.8) is 0 Å². The van der Waals surface area contributed by atoms with E-state index in [4.69, 9.17) is 5.11 Å². The van der Waals surface area contributed by atoms with E-state index in [0.717, 1.165) is 11.1 Å². The van der Waals surface area contributed by atoms with Crippen molar-refractivity contribution in [2.75, 3.05) is 0 Å². The number of hydrogen-bond acceptors (Lipinski definition) is 1. The Hall–Kier alpha value is -1.38. The number of rotatable bonds is 3. The molecule has 0 amide bonds. The van der Waals surface area contributed by atoms with Crippen molar-refractivity contribution >= 4 is 5.97 Å². The van der Waals surface area contributed by atoms with Crippen LogP contribution in [0.5, 0.6) is 0 Å². The van der Waals surface area contributed by atoms with Crippen LogP contribution in [0.15, 0.2) is 18.2 Å². The van der Waals surface area contributed by atoms with Gasteiger partial charge in [-0.1, -0.05) is 19.9 Å². The van der Waals surface area contributed by atoms with Crippen LogP contribution in [-0.4, -0.2) is 11.1 Å². The maximum atomic E-state index is 13.1. The molecule has 0 fully saturated rings. The van der Waals surface area contributed by atoms with Crippen LogP contribution >= 0.6 is 0 Å². The summed E-state index contributed by atoms with van der Waals surface area (Å²) in [6.07, 6.45) is -0.00407. The number of carboxylic acid groups (broad SMARTS) is 1. The lowest BCUT2D eigenvalue weighted by Crippen LogP contribution is -2.21. The Morgan fingerprint density at radius 1 is 1.40 bits per heavy atom. The lowest BCUT2D eigenvalue weighted by molar-refractivity contribution is -0.138. The Kier molecular flexibility index (Phi) is 3.12. The van der Waals surface area contributed by atoms with Crippen molar-refractivity contribution in [2.45, 2.75) is 32.6 Å². The van der Waals surface area contributed by atoms with Gasteiger partial charge in [0.25, 0.3) is 0 Å². The van der Waals surface area contributed by atoms with E-state index in [0.29, 0.717) is 0 Å². The molecule has 0 saturated carbocycles. The van der Waals surface area contributed by atoms with E-state index in [-0.39, 0.29) is 12.2 Å². The molecule has 0 unspecified atom stereocenters. The minimum Gasteiger partial charge on any atom is -0.481 e. The minimum absolute atomic E-state index is 0.00407. The van der Waals surface area contributed by atoms with Crippen molar-refractivity contribution in [1.82, 2.24) is 0 Å². The van der Waals surface area contributed by atoms with Crippen LogP contribution in [0.1, 0.15) is 31.4 Å². The highest BCUT2D eigenvalue weighted by molar-refractivity contribution is 5.68. The molecule has 2 nitrogen and oxygen atoms in total. The fraction of sp³-hybridized carbons (Fsp3) is 0.417. The van der Waals surface area contributed by atoms with Crippen LogP contribution in [0.25, 0.3) is 0 Å². The van der Waals surface area contributed by atoms with Gasteiger partial charge >= 0.3 is 5.97 Å². The maximum Gasteiger partial charge on any atom is 0.304 e. The number of carbonyl (C=O) groups is 1. The summed E-state index contributed by atoms with van der Waals surface area (Å²) < 4.78 is 13.1. The van der Waals surface area contributed by atoms with Crippen molar-refractivity contribution in [1.29, 1.82) is 0 Å². The molecule has 1 rings (SSSR count). The maximum absolute atomic E-state index is 13.1. The van der Waals surface area contributed by atoms with E-state index < -0.39 is 11.4 Å². The average molecular weight is 210 g/mol. The van der Waals surface area contributed by atoms with Crippen LogP contribution in [0.3, 0.4) is 0 Å². The first-order chi connectivity index (χ1) is 6.81. The summed E-state index contributed by atoms with van der Waals surface area (Å²) in [6.45, 7) is 5.40. The number of aliphatic carboxylic acids is 1. The fourth-order valence-corrected chi connectivity index (χ4v) is 1.61. The largest absolute Gasteiger partial charge is 0.481 e. The van der Waals surface area contributed by atoms with Gasteiger partial charge < -0.3 is 5.11 Å². The first-order valence-corrected chi connectivity index (χ1v) is 4.81. The fourth-order valence-electron chi connectivity index (χ4n) is 1.61. The van der Waals surface area contributed by atoms with Gasteiger partial charge in [0.2, 0.25) is 0 Å². The lowest BCUT2D eigenvalue weighted by Gasteiger charge is -2.23. The Labute approximate surface area is 88.7 Å². The monoisotopic (exact) mass is 210 g/mol. The number of carboxylic acids is 1. The molecule has 82 valence electrons. The summed E-state index contributed by atoms with van der Waals surface area (Å²) in [6, 6.07) is 4.66. The summed E-state index contributed by atoms with van der Waals surface area (Å²) in [5, 5.41) is 8.76. The third-order valence-electron chi connectivity index (χ3n) is 2.42. The number of hydrogen-bond donors (Lipinski definition) is 1. The molecule has 0 aliphatic rings. The van der Waals surface area contributed by atoms with Crippen LogP contribution in [0.4, 0.5) is 4.39 Å². The second kappa shape index (κ2) is 4.01. The molecule has 1 aromatic carbocycles. The first-order valence-electron chi connectivity index (χ1n) is 4.81. The minimum atomic E-state index is -0.873. The zero-order chi connectivity index (χ0) is 11.6. The Morgan fingerprint density at radius 3 is 2.47 bits per heavy atom. The van der Waals surface area contributed by atoms with E-state index in [1.807, 2.05) is 6.07 Å². The average Bonchev–Trinajstić information content (AvgIpc) is 1.99.